The second-order valence-electron chi connectivity index (χ2n) is 14.5. The minimum Gasteiger partial charge on any atom is -0.287 e. The van der Waals surface area contributed by atoms with Crippen molar-refractivity contribution >= 4 is 65.6 Å². The molecule has 58 heavy (non-hydrogen) atoms. The van der Waals surface area contributed by atoms with Crippen molar-refractivity contribution < 1.29 is 4.79 Å². The molecule has 5 aromatic heterocycles. The van der Waals surface area contributed by atoms with Crippen molar-refractivity contribution in [1.82, 2.24) is 39.5 Å². The third kappa shape index (κ3) is 4.83. The van der Waals surface area contributed by atoms with E-state index >= 15 is 0 Å². The molecule has 9 nitrogen and oxygen atoms in total. The van der Waals surface area contributed by atoms with Crippen molar-refractivity contribution in [2.75, 3.05) is 0 Å². The standard InChI is InChI=1S/C49H28N8O/c58-46-37-26-50-27-52-43(37)44-42-34(22-23-51-44)35-24-31(16-19-38(35)53-45(42)46)32-18-20-39-36(25-32)41-33-15-9-8-10-28(33)17-21-40(41)57(39)49-55-47(29-11-4-1-2-5-12-29)54-48(56-49)30-13-6-3-7-14-30/h1-11,13-27H,12H2. The van der Waals surface area contributed by atoms with Crippen LogP contribution in [0.1, 0.15) is 28.3 Å². The molecule has 5 aromatic carbocycles. The number of allylic oxidation sites excluding steroid dienone is 6. The molecule has 0 spiro atoms. The van der Waals surface area contributed by atoms with E-state index in [4.69, 9.17) is 19.9 Å². The minimum absolute atomic E-state index is 0.193. The lowest BCUT2D eigenvalue weighted by Crippen LogP contribution is -2.14. The highest BCUT2D eigenvalue weighted by molar-refractivity contribution is 6.27. The normalized spacial score (nSPS) is 13.4. The lowest BCUT2D eigenvalue weighted by molar-refractivity contribution is 0.103. The maximum absolute atomic E-state index is 13.7. The molecule has 0 fully saturated rings. The van der Waals surface area contributed by atoms with Gasteiger partial charge >= 0.3 is 0 Å². The van der Waals surface area contributed by atoms with E-state index in [1.807, 2.05) is 60.7 Å². The molecule has 0 saturated heterocycles. The zero-order chi connectivity index (χ0) is 38.3. The maximum Gasteiger partial charge on any atom is 0.238 e. The van der Waals surface area contributed by atoms with Gasteiger partial charge in [-0.1, -0.05) is 103 Å². The van der Waals surface area contributed by atoms with Crippen molar-refractivity contribution in [1.29, 1.82) is 0 Å². The molecule has 0 saturated carbocycles. The summed E-state index contributed by atoms with van der Waals surface area (Å²) >= 11 is 0. The molecule has 5 heterocycles. The van der Waals surface area contributed by atoms with Crippen LogP contribution >= 0.6 is 0 Å². The van der Waals surface area contributed by atoms with Gasteiger partial charge in [-0.25, -0.2) is 19.9 Å². The zero-order valence-corrected chi connectivity index (χ0v) is 30.7. The van der Waals surface area contributed by atoms with E-state index in [9.17, 15) is 4.79 Å². The van der Waals surface area contributed by atoms with Gasteiger partial charge in [-0.15, -0.1) is 0 Å². The molecule has 0 aliphatic heterocycles. The molecular weight excluding hydrogens is 717 g/mol. The highest BCUT2D eigenvalue weighted by Gasteiger charge is 2.30. The van der Waals surface area contributed by atoms with Crippen LogP contribution in [0.2, 0.25) is 0 Å². The van der Waals surface area contributed by atoms with Crippen LogP contribution in [0.4, 0.5) is 0 Å². The molecule has 0 radical (unpaired) electrons. The highest BCUT2D eigenvalue weighted by Crippen LogP contribution is 2.42. The van der Waals surface area contributed by atoms with Crippen LogP contribution in [0.25, 0.3) is 99.7 Å². The largest absolute Gasteiger partial charge is 0.287 e. The van der Waals surface area contributed by atoms with Crippen molar-refractivity contribution in [3.8, 4) is 39.9 Å². The lowest BCUT2D eigenvalue weighted by atomic mass is 9.90. The van der Waals surface area contributed by atoms with Gasteiger partial charge in [0.05, 0.1) is 27.8 Å². The lowest BCUT2D eigenvalue weighted by Gasteiger charge is -2.18. The van der Waals surface area contributed by atoms with Crippen molar-refractivity contribution in [3.05, 3.63) is 175 Å². The van der Waals surface area contributed by atoms with Crippen molar-refractivity contribution in [2.45, 2.75) is 6.42 Å². The van der Waals surface area contributed by atoms with E-state index in [-0.39, 0.29) is 5.78 Å². The molecule has 2 aliphatic rings. The van der Waals surface area contributed by atoms with Gasteiger partial charge in [0.15, 0.2) is 11.6 Å². The first kappa shape index (κ1) is 32.2. The minimum atomic E-state index is -0.193. The number of rotatable bonds is 4. The number of hydrogen-bond acceptors (Lipinski definition) is 8. The summed E-state index contributed by atoms with van der Waals surface area (Å²) in [6, 6.07) is 37.7. The van der Waals surface area contributed by atoms with E-state index < -0.39 is 0 Å². The maximum atomic E-state index is 13.7. The van der Waals surface area contributed by atoms with Gasteiger partial charge in [0.25, 0.3) is 0 Å². The van der Waals surface area contributed by atoms with Crippen LogP contribution in [0, 0.1) is 0 Å². The average molecular weight is 745 g/mol. The topological polar surface area (TPSA) is 112 Å². The van der Waals surface area contributed by atoms with Crippen LogP contribution < -0.4 is 0 Å². The molecule has 10 aromatic rings. The molecular formula is C49H28N8O. The highest BCUT2D eigenvalue weighted by atomic mass is 16.1. The Morgan fingerprint density at radius 1 is 0.569 bits per heavy atom. The van der Waals surface area contributed by atoms with Gasteiger partial charge in [0.1, 0.15) is 17.7 Å². The number of hydrogen-bond donors (Lipinski definition) is 0. The third-order valence-corrected chi connectivity index (χ3v) is 11.2. The van der Waals surface area contributed by atoms with Crippen LogP contribution in [0.15, 0.2) is 158 Å². The average Bonchev–Trinajstić information content (AvgIpc) is 3.39. The molecule has 9 heteroatoms. The monoisotopic (exact) mass is 744 g/mol. The second-order valence-corrected chi connectivity index (χ2v) is 14.5. The summed E-state index contributed by atoms with van der Waals surface area (Å²) in [4.78, 5) is 47.2. The van der Waals surface area contributed by atoms with Gasteiger partial charge < -0.3 is 0 Å². The van der Waals surface area contributed by atoms with Crippen LogP contribution in [-0.2, 0) is 0 Å². The predicted octanol–water partition coefficient (Wildman–Crippen LogP) is 10.5. The number of ketones is 1. The van der Waals surface area contributed by atoms with Gasteiger partial charge in [0.2, 0.25) is 11.7 Å². The summed E-state index contributed by atoms with van der Waals surface area (Å²) in [7, 11) is 0. The zero-order valence-electron chi connectivity index (χ0n) is 30.7. The molecule has 2 aliphatic carbocycles. The van der Waals surface area contributed by atoms with Crippen LogP contribution in [0.3, 0.4) is 0 Å². The Morgan fingerprint density at radius 3 is 2.33 bits per heavy atom. The van der Waals surface area contributed by atoms with Gasteiger partial charge in [-0.2, -0.15) is 9.97 Å². The van der Waals surface area contributed by atoms with Gasteiger partial charge in [-0.05, 0) is 70.1 Å². The summed E-state index contributed by atoms with van der Waals surface area (Å²) in [6.45, 7) is 0. The molecule has 270 valence electrons. The Morgan fingerprint density at radius 2 is 1.40 bits per heavy atom. The SMILES string of the molecule is O=C1c2cncnc2-c2nccc3c2c1nc1ccc(-c2ccc4c(c2)c2c5ccccc5ccc2n4-c2nc(C4=CC=CC=CC4)nc(-c4ccccc4)n2)cc13. The fraction of sp³-hybridized carbons (Fsp3) is 0.0204. The van der Waals surface area contributed by atoms with Gasteiger partial charge in [-0.3, -0.25) is 14.3 Å². The number of fused-ring (bicyclic) bond motifs is 9. The summed E-state index contributed by atoms with van der Waals surface area (Å²) in [6.07, 6.45) is 15.8. The third-order valence-electron chi connectivity index (χ3n) is 11.2. The van der Waals surface area contributed by atoms with E-state index in [0.29, 0.717) is 52.0 Å². The van der Waals surface area contributed by atoms with E-state index in [1.54, 1.807) is 12.4 Å². The van der Waals surface area contributed by atoms with E-state index in [0.717, 1.165) is 71.1 Å². The quantitative estimate of drug-likeness (QED) is 0.164. The number of carbonyl (C=O) groups excluding carboxylic acids is 1. The summed E-state index contributed by atoms with van der Waals surface area (Å²) in [5.41, 5.74) is 8.68. The van der Waals surface area contributed by atoms with Crippen molar-refractivity contribution in [2.24, 2.45) is 0 Å². The van der Waals surface area contributed by atoms with Crippen molar-refractivity contribution in [3.63, 3.8) is 0 Å². The number of pyridine rings is 2. The molecule has 0 unspecified atom stereocenters. The summed E-state index contributed by atoms with van der Waals surface area (Å²) in [5.74, 6) is 1.61. The predicted molar refractivity (Wildman–Crippen MR) is 228 cm³/mol. The van der Waals surface area contributed by atoms with Crippen LogP contribution in [0.5, 0.6) is 0 Å². The molecule has 0 amide bonds. The van der Waals surface area contributed by atoms with Gasteiger partial charge in [0, 0.05) is 45.1 Å². The number of benzene rings is 5. The Labute approximate surface area is 330 Å². The smallest absolute Gasteiger partial charge is 0.238 e. The first-order valence-corrected chi connectivity index (χ1v) is 19.1. The van der Waals surface area contributed by atoms with E-state index in [2.05, 4.69) is 98.4 Å². The number of carbonyl (C=O) groups is 1. The molecule has 0 bridgehead atoms. The summed E-state index contributed by atoms with van der Waals surface area (Å²) < 4.78 is 2.17. The fourth-order valence-electron chi connectivity index (χ4n) is 8.54. The Kier molecular flexibility index (Phi) is 6.94. The summed E-state index contributed by atoms with van der Waals surface area (Å²) in [5, 5.41) is 7.04. The molecule has 0 N–H and O–H groups in total. The Bertz CT molecular complexity index is 3510. The number of nitrogens with zero attached hydrogens (tertiary/aromatic N) is 8. The first-order chi connectivity index (χ1) is 28.7. The molecule has 12 rings (SSSR count). The Balaban J connectivity index is 1.09. The first-order valence-electron chi connectivity index (χ1n) is 19.1. The number of aromatic nitrogens is 8. The second kappa shape index (κ2) is 12.5. The fourth-order valence-corrected chi connectivity index (χ4v) is 8.54. The van der Waals surface area contributed by atoms with Crippen LogP contribution in [-0.4, -0.2) is 45.2 Å². The van der Waals surface area contributed by atoms with E-state index in [1.165, 1.54) is 6.33 Å². The molecule has 0 atom stereocenters. The Hall–Kier alpha value is -8.04.